The highest BCUT2D eigenvalue weighted by atomic mass is 16.5. The molecule has 0 radical (unpaired) electrons. The summed E-state index contributed by atoms with van der Waals surface area (Å²) in [4.78, 5) is 23.8. The molecule has 168 valence electrons. The highest BCUT2D eigenvalue weighted by Crippen LogP contribution is 2.37. The molecule has 0 saturated carbocycles. The average Bonchev–Trinajstić information content (AvgIpc) is 3.44. The number of aromatic nitrogens is 3. The first-order valence-corrected chi connectivity index (χ1v) is 11.3. The molecule has 0 bridgehead atoms. The molecule has 1 aliphatic heterocycles. The molecule has 3 heterocycles. The molecule has 0 unspecified atom stereocenters. The fourth-order valence-corrected chi connectivity index (χ4v) is 4.67. The van der Waals surface area contributed by atoms with Gasteiger partial charge in [0.15, 0.2) is 5.82 Å². The highest BCUT2D eigenvalue weighted by Gasteiger charge is 2.32. The van der Waals surface area contributed by atoms with Gasteiger partial charge < -0.3 is 19.9 Å². The Morgan fingerprint density at radius 1 is 0.941 bits per heavy atom. The number of allylic oxidation sites excluding steroid dienone is 2. The Kier molecular flexibility index (Phi) is 4.87. The molecule has 0 fully saturated rings. The molecule has 0 atom stereocenters. The zero-order valence-corrected chi connectivity index (χ0v) is 18.5. The maximum atomic E-state index is 13.2. The van der Waals surface area contributed by atoms with E-state index in [0.29, 0.717) is 18.9 Å². The molecule has 2 aromatic heterocycles. The third kappa shape index (κ3) is 3.42. The number of nitrogen functional groups attached to an aromatic ring is 1. The number of rotatable bonds is 4. The third-order valence-corrected chi connectivity index (χ3v) is 6.27. The summed E-state index contributed by atoms with van der Waals surface area (Å²) >= 11 is 0. The van der Waals surface area contributed by atoms with E-state index in [4.69, 9.17) is 10.5 Å². The molecule has 0 spiro atoms. The van der Waals surface area contributed by atoms with Crippen molar-refractivity contribution in [2.24, 2.45) is 0 Å². The Morgan fingerprint density at radius 3 is 2.50 bits per heavy atom. The van der Waals surface area contributed by atoms with Crippen LogP contribution in [-0.4, -0.2) is 25.3 Å². The lowest BCUT2D eigenvalue weighted by molar-refractivity contribution is -0.127. The standard InChI is InChI=1S/C27H23N5O2/c28-26-25-24(29-17-30-26)22-15-31(27(33)18-7-3-1-4-8-18)16-23(22)32(25)19-11-13-21(14-12-19)34-20-9-5-2-6-10-20/h2-3,5-14,17H,1,4,15-16H2,(H2,28,29,30). The number of benzene rings is 2. The van der Waals surface area contributed by atoms with Gasteiger partial charge in [0.1, 0.15) is 23.3 Å². The van der Waals surface area contributed by atoms with E-state index in [1.54, 1.807) is 0 Å². The maximum absolute atomic E-state index is 13.2. The first kappa shape index (κ1) is 20.2. The summed E-state index contributed by atoms with van der Waals surface area (Å²) in [6, 6.07) is 17.5. The van der Waals surface area contributed by atoms with Gasteiger partial charge in [-0.05, 0) is 49.2 Å². The van der Waals surface area contributed by atoms with Crippen LogP contribution in [0.4, 0.5) is 5.82 Å². The number of hydrogen-bond donors (Lipinski definition) is 1. The summed E-state index contributed by atoms with van der Waals surface area (Å²) < 4.78 is 8.02. The molecule has 4 aromatic rings. The van der Waals surface area contributed by atoms with E-state index in [0.717, 1.165) is 57.9 Å². The van der Waals surface area contributed by atoms with Crippen LogP contribution < -0.4 is 10.5 Å². The summed E-state index contributed by atoms with van der Waals surface area (Å²) in [6.45, 7) is 0.978. The van der Waals surface area contributed by atoms with Crippen molar-refractivity contribution in [1.82, 2.24) is 19.4 Å². The van der Waals surface area contributed by atoms with Gasteiger partial charge in [0, 0.05) is 16.8 Å². The second kappa shape index (κ2) is 8.19. The van der Waals surface area contributed by atoms with Crippen LogP contribution in [0.5, 0.6) is 11.5 Å². The fourth-order valence-electron chi connectivity index (χ4n) is 4.67. The van der Waals surface area contributed by atoms with E-state index < -0.39 is 0 Å². The van der Waals surface area contributed by atoms with Gasteiger partial charge in [-0.1, -0.05) is 36.4 Å². The first-order chi connectivity index (χ1) is 16.7. The summed E-state index contributed by atoms with van der Waals surface area (Å²) in [7, 11) is 0. The monoisotopic (exact) mass is 449 g/mol. The van der Waals surface area contributed by atoms with Crippen molar-refractivity contribution in [3.63, 3.8) is 0 Å². The van der Waals surface area contributed by atoms with Gasteiger partial charge in [0.05, 0.1) is 24.3 Å². The van der Waals surface area contributed by atoms with Gasteiger partial charge >= 0.3 is 0 Å². The van der Waals surface area contributed by atoms with Gasteiger partial charge in [0.2, 0.25) is 0 Å². The Labute approximate surface area is 196 Å². The van der Waals surface area contributed by atoms with Gasteiger partial charge in [-0.15, -0.1) is 0 Å². The lowest BCUT2D eigenvalue weighted by Gasteiger charge is -2.19. The number of amides is 1. The molecule has 1 aliphatic carbocycles. The van der Waals surface area contributed by atoms with E-state index in [1.807, 2.05) is 71.6 Å². The SMILES string of the molecule is Nc1ncnc2c3c(n(-c4ccc(Oc5ccccc5)cc4)c12)CN(C(=O)C1=CCCC=C1)C3. The predicted octanol–water partition coefficient (Wildman–Crippen LogP) is 4.91. The predicted molar refractivity (Wildman–Crippen MR) is 131 cm³/mol. The number of carbonyl (C=O) groups is 1. The van der Waals surface area contributed by atoms with Crippen LogP contribution in [0.1, 0.15) is 24.1 Å². The number of fused-ring (bicyclic) bond motifs is 3. The van der Waals surface area contributed by atoms with E-state index in [2.05, 4.69) is 20.6 Å². The van der Waals surface area contributed by atoms with Crippen LogP contribution >= 0.6 is 0 Å². The van der Waals surface area contributed by atoms with Gasteiger partial charge in [-0.2, -0.15) is 0 Å². The number of anilines is 1. The van der Waals surface area contributed by atoms with E-state index in [9.17, 15) is 4.79 Å². The fraction of sp³-hybridized carbons (Fsp3) is 0.148. The maximum Gasteiger partial charge on any atom is 0.254 e. The van der Waals surface area contributed by atoms with Crippen LogP contribution in [0.25, 0.3) is 16.7 Å². The number of carbonyl (C=O) groups excluding carboxylic acids is 1. The van der Waals surface area contributed by atoms with Crippen molar-refractivity contribution in [3.05, 3.63) is 96.0 Å². The lowest BCUT2D eigenvalue weighted by atomic mass is 10.1. The minimum Gasteiger partial charge on any atom is -0.457 e. The molecule has 2 aromatic carbocycles. The highest BCUT2D eigenvalue weighted by molar-refractivity contribution is 5.98. The molecule has 1 amide bonds. The summed E-state index contributed by atoms with van der Waals surface area (Å²) in [5.41, 5.74) is 11.6. The van der Waals surface area contributed by atoms with Crippen molar-refractivity contribution in [3.8, 4) is 17.2 Å². The Balaban J connectivity index is 1.38. The molecule has 6 rings (SSSR count). The van der Waals surface area contributed by atoms with Crippen LogP contribution in [0, 0.1) is 0 Å². The molecule has 0 saturated heterocycles. The van der Waals surface area contributed by atoms with Crippen LogP contribution in [0.3, 0.4) is 0 Å². The second-order valence-corrected chi connectivity index (χ2v) is 8.43. The third-order valence-electron chi connectivity index (χ3n) is 6.27. The van der Waals surface area contributed by atoms with Crippen LogP contribution in [0.15, 0.2) is 84.7 Å². The smallest absolute Gasteiger partial charge is 0.254 e. The zero-order valence-electron chi connectivity index (χ0n) is 18.5. The molecule has 7 heteroatoms. The Bertz CT molecular complexity index is 1450. The average molecular weight is 450 g/mol. The lowest BCUT2D eigenvalue weighted by Crippen LogP contribution is -2.27. The summed E-state index contributed by atoms with van der Waals surface area (Å²) in [5, 5.41) is 0. The topological polar surface area (TPSA) is 86.3 Å². The van der Waals surface area contributed by atoms with E-state index >= 15 is 0 Å². The van der Waals surface area contributed by atoms with Gasteiger partial charge in [-0.25, -0.2) is 9.97 Å². The van der Waals surface area contributed by atoms with Crippen molar-refractivity contribution in [2.75, 3.05) is 5.73 Å². The molecule has 2 aliphatic rings. The number of nitrogens with zero attached hydrogens (tertiary/aromatic N) is 4. The molecular weight excluding hydrogens is 426 g/mol. The number of ether oxygens (including phenoxy) is 1. The minimum atomic E-state index is 0.0421. The van der Waals surface area contributed by atoms with E-state index in [1.165, 1.54) is 6.33 Å². The first-order valence-electron chi connectivity index (χ1n) is 11.3. The quantitative estimate of drug-likeness (QED) is 0.478. The van der Waals surface area contributed by atoms with Crippen LogP contribution in [-0.2, 0) is 17.9 Å². The van der Waals surface area contributed by atoms with Crippen molar-refractivity contribution in [1.29, 1.82) is 0 Å². The number of nitrogens with two attached hydrogens (primary N) is 1. The van der Waals surface area contributed by atoms with E-state index in [-0.39, 0.29) is 5.91 Å². The summed E-state index contributed by atoms with van der Waals surface area (Å²) in [5.74, 6) is 1.97. The minimum absolute atomic E-state index is 0.0421. The van der Waals surface area contributed by atoms with Crippen molar-refractivity contribution in [2.45, 2.75) is 25.9 Å². The summed E-state index contributed by atoms with van der Waals surface area (Å²) in [6.07, 6.45) is 9.35. The van der Waals surface area contributed by atoms with Gasteiger partial charge in [0.25, 0.3) is 5.91 Å². The zero-order chi connectivity index (χ0) is 23.1. The second-order valence-electron chi connectivity index (χ2n) is 8.43. The number of para-hydroxylation sites is 1. The van der Waals surface area contributed by atoms with Crippen molar-refractivity contribution < 1.29 is 9.53 Å². The molecule has 34 heavy (non-hydrogen) atoms. The molecular formula is C27H23N5O2. The largest absolute Gasteiger partial charge is 0.457 e. The molecule has 7 nitrogen and oxygen atoms in total. The molecule has 2 N–H and O–H groups in total. The Hall–Kier alpha value is -4.39. The van der Waals surface area contributed by atoms with Crippen LogP contribution in [0.2, 0.25) is 0 Å². The Morgan fingerprint density at radius 2 is 1.74 bits per heavy atom. The van der Waals surface area contributed by atoms with Crippen molar-refractivity contribution >= 4 is 22.8 Å². The van der Waals surface area contributed by atoms with Gasteiger partial charge in [-0.3, -0.25) is 4.79 Å². The number of hydrogen-bond acceptors (Lipinski definition) is 5. The normalized spacial score (nSPS) is 14.8.